The highest BCUT2D eigenvalue weighted by Crippen LogP contribution is 2.23. The van der Waals surface area contributed by atoms with Gasteiger partial charge in [-0.3, -0.25) is 0 Å². The van der Waals surface area contributed by atoms with Gasteiger partial charge in [-0.05, 0) is 26.0 Å². The Balaban J connectivity index is 3.14. The van der Waals surface area contributed by atoms with Crippen molar-refractivity contribution in [2.45, 2.75) is 24.3 Å². The van der Waals surface area contributed by atoms with E-state index in [1.54, 1.807) is 32.0 Å². The molecule has 0 saturated heterocycles. The van der Waals surface area contributed by atoms with E-state index in [-0.39, 0.29) is 17.3 Å². The molecule has 0 spiro atoms. The van der Waals surface area contributed by atoms with Crippen LogP contribution in [0.2, 0.25) is 0 Å². The third-order valence-electron chi connectivity index (χ3n) is 2.16. The van der Waals surface area contributed by atoms with Gasteiger partial charge in [-0.15, -0.1) is 0 Å². The highest BCUT2D eigenvalue weighted by atomic mass is 32.2. The minimum atomic E-state index is -3.71. The van der Waals surface area contributed by atoms with Gasteiger partial charge in [-0.25, -0.2) is 13.1 Å². The van der Waals surface area contributed by atoms with Crippen LogP contribution in [-0.2, 0) is 10.0 Å². The molecule has 96 valence electrons. The molecule has 0 aliphatic rings. The fourth-order valence-corrected chi connectivity index (χ4v) is 2.87. The van der Waals surface area contributed by atoms with Crippen molar-refractivity contribution in [2.24, 2.45) is 0 Å². The Bertz CT molecular complexity index is 482. The van der Waals surface area contributed by atoms with Gasteiger partial charge in [0.1, 0.15) is 10.6 Å². The van der Waals surface area contributed by atoms with Crippen molar-refractivity contribution in [1.82, 2.24) is 4.72 Å². The Morgan fingerprint density at radius 1 is 1.35 bits per heavy atom. The lowest BCUT2D eigenvalue weighted by Crippen LogP contribution is -2.46. The predicted octanol–water partition coefficient (Wildman–Crippen LogP) is 0.744. The number of methoxy groups -OCH3 is 1. The molecule has 0 saturated carbocycles. The fourth-order valence-electron chi connectivity index (χ4n) is 1.29. The van der Waals surface area contributed by atoms with Crippen LogP contribution < -0.4 is 9.46 Å². The summed E-state index contributed by atoms with van der Waals surface area (Å²) in [5, 5.41) is 9.07. The minimum Gasteiger partial charge on any atom is -0.495 e. The van der Waals surface area contributed by atoms with E-state index in [2.05, 4.69) is 4.72 Å². The van der Waals surface area contributed by atoms with Gasteiger partial charge in [-0.2, -0.15) is 0 Å². The van der Waals surface area contributed by atoms with Crippen molar-refractivity contribution in [3.8, 4) is 5.75 Å². The van der Waals surface area contributed by atoms with E-state index < -0.39 is 15.6 Å². The first-order chi connectivity index (χ1) is 7.82. The Kier molecular flexibility index (Phi) is 4.13. The maximum atomic E-state index is 12.1. The highest BCUT2D eigenvalue weighted by Gasteiger charge is 2.27. The number of nitrogens with one attached hydrogen (secondary N) is 1. The van der Waals surface area contributed by atoms with E-state index in [0.717, 1.165) is 0 Å². The number of ether oxygens (including phenoxy) is 1. The molecule has 0 bridgehead atoms. The van der Waals surface area contributed by atoms with Crippen molar-refractivity contribution in [1.29, 1.82) is 0 Å². The number of aliphatic hydroxyl groups is 1. The lowest BCUT2D eigenvalue weighted by atomic mass is 10.1. The third-order valence-corrected chi connectivity index (χ3v) is 3.90. The first-order valence-corrected chi connectivity index (χ1v) is 6.58. The molecule has 0 radical (unpaired) electrons. The molecule has 1 rings (SSSR count). The highest BCUT2D eigenvalue weighted by molar-refractivity contribution is 7.89. The summed E-state index contributed by atoms with van der Waals surface area (Å²) < 4.78 is 31.6. The molecule has 2 N–H and O–H groups in total. The molecule has 5 nitrogen and oxygen atoms in total. The van der Waals surface area contributed by atoms with Crippen LogP contribution in [0.4, 0.5) is 0 Å². The molecule has 0 fully saturated rings. The number of rotatable bonds is 5. The van der Waals surface area contributed by atoms with Gasteiger partial charge in [0.2, 0.25) is 10.0 Å². The van der Waals surface area contributed by atoms with Gasteiger partial charge < -0.3 is 9.84 Å². The quantitative estimate of drug-likeness (QED) is 0.818. The second-order valence-corrected chi connectivity index (χ2v) is 5.95. The van der Waals surface area contributed by atoms with Crippen LogP contribution in [0.1, 0.15) is 13.8 Å². The Morgan fingerprint density at radius 2 is 1.94 bits per heavy atom. The van der Waals surface area contributed by atoms with Crippen LogP contribution in [0, 0.1) is 0 Å². The van der Waals surface area contributed by atoms with Crippen molar-refractivity contribution < 1.29 is 18.3 Å². The molecule has 0 aliphatic heterocycles. The normalized spacial score (nSPS) is 12.5. The molecule has 0 atom stereocenters. The number of benzene rings is 1. The number of aliphatic hydroxyl groups excluding tert-OH is 1. The van der Waals surface area contributed by atoms with Gasteiger partial charge in [-0.1, -0.05) is 12.1 Å². The van der Waals surface area contributed by atoms with E-state index in [9.17, 15) is 8.42 Å². The lowest BCUT2D eigenvalue weighted by molar-refractivity contribution is 0.208. The molecule has 17 heavy (non-hydrogen) atoms. The summed E-state index contributed by atoms with van der Waals surface area (Å²) in [6.07, 6.45) is 0. The molecule has 1 aromatic carbocycles. The van der Waals surface area contributed by atoms with Crippen LogP contribution in [0.15, 0.2) is 29.2 Å². The van der Waals surface area contributed by atoms with E-state index in [4.69, 9.17) is 9.84 Å². The van der Waals surface area contributed by atoms with E-state index >= 15 is 0 Å². The smallest absolute Gasteiger partial charge is 0.244 e. The Labute approximate surface area is 101 Å². The Morgan fingerprint density at radius 3 is 2.47 bits per heavy atom. The number of para-hydroxylation sites is 1. The largest absolute Gasteiger partial charge is 0.495 e. The van der Waals surface area contributed by atoms with E-state index in [1.807, 2.05) is 0 Å². The van der Waals surface area contributed by atoms with Crippen LogP contribution in [-0.4, -0.2) is 32.8 Å². The van der Waals surface area contributed by atoms with Crippen LogP contribution in [0.25, 0.3) is 0 Å². The van der Waals surface area contributed by atoms with E-state index in [0.29, 0.717) is 0 Å². The first kappa shape index (κ1) is 14.0. The molecule has 0 amide bonds. The molecule has 0 aromatic heterocycles. The molecule has 0 unspecified atom stereocenters. The maximum Gasteiger partial charge on any atom is 0.244 e. The SMILES string of the molecule is COc1ccccc1S(=O)(=O)NC(C)(C)CO. The molecule has 6 heteroatoms. The van der Waals surface area contributed by atoms with Gasteiger partial charge in [0.15, 0.2) is 0 Å². The monoisotopic (exact) mass is 259 g/mol. The summed E-state index contributed by atoms with van der Waals surface area (Å²) in [6.45, 7) is 2.90. The molecule has 1 aromatic rings. The van der Waals surface area contributed by atoms with Crippen molar-refractivity contribution in [3.05, 3.63) is 24.3 Å². The van der Waals surface area contributed by atoms with E-state index in [1.165, 1.54) is 13.2 Å². The second-order valence-electron chi connectivity index (χ2n) is 4.30. The second kappa shape index (κ2) is 5.03. The lowest BCUT2D eigenvalue weighted by Gasteiger charge is -2.23. The average molecular weight is 259 g/mol. The van der Waals surface area contributed by atoms with Gasteiger partial charge in [0.25, 0.3) is 0 Å². The summed E-state index contributed by atoms with van der Waals surface area (Å²) in [6, 6.07) is 6.33. The zero-order valence-corrected chi connectivity index (χ0v) is 10.9. The standard InChI is InChI=1S/C11H17NO4S/c1-11(2,8-13)12-17(14,15)10-7-5-4-6-9(10)16-3/h4-7,12-13H,8H2,1-3H3. The number of hydrogen-bond acceptors (Lipinski definition) is 4. The zero-order valence-electron chi connectivity index (χ0n) is 10.1. The molecular formula is C11H17NO4S. The number of sulfonamides is 1. The minimum absolute atomic E-state index is 0.0593. The zero-order chi connectivity index (χ0) is 13.1. The third kappa shape index (κ3) is 3.42. The summed E-state index contributed by atoms with van der Waals surface area (Å²) in [5.74, 6) is 0.272. The summed E-state index contributed by atoms with van der Waals surface area (Å²) in [7, 11) is -2.30. The predicted molar refractivity (Wildman–Crippen MR) is 64.5 cm³/mol. The van der Waals surface area contributed by atoms with Crippen molar-refractivity contribution in [2.75, 3.05) is 13.7 Å². The van der Waals surface area contributed by atoms with Crippen molar-refractivity contribution >= 4 is 10.0 Å². The topological polar surface area (TPSA) is 75.6 Å². The molecule has 0 heterocycles. The number of hydrogen-bond donors (Lipinski definition) is 2. The molecule has 0 aliphatic carbocycles. The van der Waals surface area contributed by atoms with Crippen LogP contribution in [0.5, 0.6) is 5.75 Å². The molecular weight excluding hydrogens is 242 g/mol. The fraction of sp³-hybridized carbons (Fsp3) is 0.455. The maximum absolute atomic E-state index is 12.1. The Hall–Kier alpha value is -1.11. The van der Waals surface area contributed by atoms with Gasteiger partial charge in [0, 0.05) is 0 Å². The van der Waals surface area contributed by atoms with Crippen LogP contribution in [0.3, 0.4) is 0 Å². The summed E-state index contributed by atoms with van der Waals surface area (Å²) in [4.78, 5) is 0.0593. The van der Waals surface area contributed by atoms with Gasteiger partial charge in [0.05, 0.1) is 19.3 Å². The van der Waals surface area contributed by atoms with Crippen LogP contribution >= 0.6 is 0 Å². The summed E-state index contributed by atoms with van der Waals surface area (Å²) >= 11 is 0. The van der Waals surface area contributed by atoms with Gasteiger partial charge >= 0.3 is 0 Å². The van der Waals surface area contributed by atoms with Crippen molar-refractivity contribution in [3.63, 3.8) is 0 Å². The average Bonchev–Trinajstić information content (AvgIpc) is 2.28. The first-order valence-electron chi connectivity index (χ1n) is 5.10. The summed E-state index contributed by atoms with van der Waals surface area (Å²) in [5.41, 5.74) is -0.917.